The van der Waals surface area contributed by atoms with Gasteiger partial charge in [0.2, 0.25) is 0 Å². The number of nitrogens with one attached hydrogen (secondary N) is 2. The zero-order valence-corrected chi connectivity index (χ0v) is 10.6. The van der Waals surface area contributed by atoms with Crippen LogP contribution in [0.5, 0.6) is 0 Å². The van der Waals surface area contributed by atoms with Crippen molar-refractivity contribution in [2.75, 3.05) is 23.4 Å². The van der Waals surface area contributed by atoms with Crippen molar-refractivity contribution in [3.63, 3.8) is 0 Å². The van der Waals surface area contributed by atoms with Crippen LogP contribution >= 0.6 is 0 Å². The molecule has 5 heteroatoms. The molecule has 94 valence electrons. The fourth-order valence-electron chi connectivity index (χ4n) is 1.68. The zero-order valence-electron chi connectivity index (χ0n) is 10.6. The largest absolute Gasteiger partial charge is 0.397 e. The van der Waals surface area contributed by atoms with Crippen LogP contribution in [0.25, 0.3) is 0 Å². The summed E-state index contributed by atoms with van der Waals surface area (Å²) in [4.78, 5) is 12.1. The summed E-state index contributed by atoms with van der Waals surface area (Å²) in [6.45, 7) is 0. The summed E-state index contributed by atoms with van der Waals surface area (Å²) in [6, 6.07) is 12.1. The predicted molar refractivity (Wildman–Crippen MR) is 80.2 cm³/mol. The molecule has 0 aromatic heterocycles. The minimum atomic E-state index is -0.193. The Balaban J connectivity index is 2.18. The number of carbonyl (C=O) groups excluding carboxylic acids is 1. The molecule has 1 amide bonds. The summed E-state index contributed by atoms with van der Waals surface area (Å²) in [5, 5.41) is 5.73. The Morgan fingerprint density at radius 2 is 1.84 bits per heavy atom. The van der Waals surface area contributed by atoms with Crippen molar-refractivity contribution in [1.29, 1.82) is 0 Å². The van der Waals surface area contributed by atoms with Gasteiger partial charge in [-0.25, -0.2) is 0 Å². The molecule has 0 aliphatic heterocycles. The Kier molecular flexibility index (Phi) is 3.75. The Morgan fingerprint density at radius 3 is 2.47 bits per heavy atom. The summed E-state index contributed by atoms with van der Waals surface area (Å²) >= 11 is 0. The molecule has 2 aromatic carbocycles. The van der Waals surface area contributed by atoms with E-state index in [9.17, 15) is 4.79 Å². The van der Waals surface area contributed by atoms with Crippen LogP contribution in [0.2, 0.25) is 0 Å². The van der Waals surface area contributed by atoms with Crippen LogP contribution in [0.1, 0.15) is 10.4 Å². The third-order valence-corrected chi connectivity index (χ3v) is 2.75. The SMILES string of the molecule is [B]c1ccc(NC(=O)c2ccc(N)c(NC)c2)cc1. The normalized spacial score (nSPS) is 9.95. The van der Waals surface area contributed by atoms with Gasteiger partial charge in [-0.15, -0.1) is 0 Å². The van der Waals surface area contributed by atoms with Crippen molar-refractivity contribution in [2.24, 2.45) is 0 Å². The van der Waals surface area contributed by atoms with Gasteiger partial charge in [-0.05, 0) is 30.3 Å². The number of anilines is 3. The minimum absolute atomic E-state index is 0.193. The first-order chi connectivity index (χ1) is 9.10. The minimum Gasteiger partial charge on any atom is -0.397 e. The third-order valence-electron chi connectivity index (χ3n) is 2.75. The predicted octanol–water partition coefficient (Wildman–Crippen LogP) is 1.36. The van der Waals surface area contributed by atoms with Crippen molar-refractivity contribution < 1.29 is 4.79 Å². The van der Waals surface area contributed by atoms with Crippen molar-refractivity contribution in [3.05, 3.63) is 48.0 Å². The number of hydrogen-bond donors (Lipinski definition) is 3. The zero-order chi connectivity index (χ0) is 13.8. The van der Waals surface area contributed by atoms with Crippen molar-refractivity contribution in [3.8, 4) is 0 Å². The molecule has 0 bridgehead atoms. The van der Waals surface area contributed by atoms with Gasteiger partial charge in [0.1, 0.15) is 7.85 Å². The molecule has 0 fully saturated rings. The number of hydrogen-bond acceptors (Lipinski definition) is 3. The maximum atomic E-state index is 12.1. The van der Waals surface area contributed by atoms with E-state index in [1.807, 2.05) is 0 Å². The van der Waals surface area contributed by atoms with Crippen LogP contribution < -0.4 is 21.8 Å². The van der Waals surface area contributed by atoms with E-state index in [4.69, 9.17) is 13.6 Å². The van der Waals surface area contributed by atoms with E-state index >= 15 is 0 Å². The lowest BCUT2D eigenvalue weighted by molar-refractivity contribution is 0.102. The van der Waals surface area contributed by atoms with Crippen LogP contribution in [0.4, 0.5) is 17.1 Å². The van der Waals surface area contributed by atoms with Crippen LogP contribution in [-0.4, -0.2) is 20.8 Å². The van der Waals surface area contributed by atoms with E-state index in [1.54, 1.807) is 49.5 Å². The van der Waals surface area contributed by atoms with Gasteiger partial charge in [-0.2, -0.15) is 0 Å². The number of amides is 1. The van der Waals surface area contributed by atoms with E-state index < -0.39 is 0 Å². The highest BCUT2D eigenvalue weighted by atomic mass is 16.1. The fourth-order valence-corrected chi connectivity index (χ4v) is 1.68. The number of nitrogens with two attached hydrogens (primary N) is 1. The van der Waals surface area contributed by atoms with Crippen LogP contribution in [0.3, 0.4) is 0 Å². The summed E-state index contributed by atoms with van der Waals surface area (Å²) in [6.07, 6.45) is 0. The molecular formula is C14H14BN3O. The second-order valence-corrected chi connectivity index (χ2v) is 4.13. The Hall–Kier alpha value is -2.43. The van der Waals surface area contributed by atoms with Crippen LogP contribution in [-0.2, 0) is 0 Å². The molecule has 0 spiro atoms. The average Bonchev–Trinajstić information content (AvgIpc) is 2.42. The molecule has 19 heavy (non-hydrogen) atoms. The highest BCUT2D eigenvalue weighted by molar-refractivity contribution is 6.32. The molecule has 0 aliphatic carbocycles. The van der Waals surface area contributed by atoms with Crippen molar-refractivity contribution >= 4 is 36.3 Å². The molecule has 2 radical (unpaired) electrons. The number of rotatable bonds is 3. The molecule has 4 N–H and O–H groups in total. The van der Waals surface area contributed by atoms with Gasteiger partial charge in [-0.1, -0.05) is 17.6 Å². The first kappa shape index (κ1) is 13.0. The summed E-state index contributed by atoms with van der Waals surface area (Å²) < 4.78 is 0. The van der Waals surface area contributed by atoms with E-state index in [0.29, 0.717) is 22.4 Å². The molecule has 0 unspecified atom stereocenters. The second kappa shape index (κ2) is 5.48. The molecule has 2 rings (SSSR count). The lowest BCUT2D eigenvalue weighted by Crippen LogP contribution is -2.13. The fraction of sp³-hybridized carbons (Fsp3) is 0.0714. The number of carbonyl (C=O) groups is 1. The number of nitrogen functional groups attached to an aromatic ring is 1. The van der Waals surface area contributed by atoms with E-state index in [2.05, 4.69) is 10.6 Å². The molecule has 0 saturated carbocycles. The third kappa shape index (κ3) is 3.07. The Bertz CT molecular complexity index is 596. The second-order valence-electron chi connectivity index (χ2n) is 4.13. The molecule has 2 aromatic rings. The molecule has 0 atom stereocenters. The summed E-state index contributed by atoms with van der Waals surface area (Å²) in [5.74, 6) is -0.193. The maximum Gasteiger partial charge on any atom is 0.255 e. The van der Waals surface area contributed by atoms with E-state index in [1.165, 1.54) is 0 Å². The molecule has 4 nitrogen and oxygen atoms in total. The highest BCUT2D eigenvalue weighted by Gasteiger charge is 2.08. The maximum absolute atomic E-state index is 12.1. The van der Waals surface area contributed by atoms with Crippen molar-refractivity contribution in [2.45, 2.75) is 0 Å². The summed E-state index contributed by atoms with van der Waals surface area (Å²) in [5.41, 5.74) is 8.98. The molecule has 0 aliphatic rings. The van der Waals surface area contributed by atoms with E-state index in [0.717, 1.165) is 5.69 Å². The Morgan fingerprint density at radius 1 is 1.16 bits per heavy atom. The van der Waals surface area contributed by atoms with Gasteiger partial charge >= 0.3 is 0 Å². The van der Waals surface area contributed by atoms with Gasteiger partial charge < -0.3 is 16.4 Å². The Labute approximate surface area is 113 Å². The average molecular weight is 251 g/mol. The van der Waals surface area contributed by atoms with Gasteiger partial charge in [0.25, 0.3) is 5.91 Å². The van der Waals surface area contributed by atoms with Gasteiger partial charge in [-0.3, -0.25) is 4.79 Å². The van der Waals surface area contributed by atoms with Crippen molar-refractivity contribution in [1.82, 2.24) is 0 Å². The van der Waals surface area contributed by atoms with Gasteiger partial charge in [0, 0.05) is 18.3 Å². The lowest BCUT2D eigenvalue weighted by Gasteiger charge is -2.09. The van der Waals surface area contributed by atoms with Gasteiger partial charge in [0.15, 0.2) is 0 Å². The lowest BCUT2D eigenvalue weighted by atomic mass is 9.96. The number of benzene rings is 2. The standard InChI is InChI=1S/C14H14BN3O/c1-17-13-8-9(2-7-12(13)16)14(19)18-11-5-3-10(15)4-6-11/h2-8,17H,16H2,1H3,(H,18,19). The van der Waals surface area contributed by atoms with E-state index in [-0.39, 0.29) is 5.91 Å². The highest BCUT2D eigenvalue weighted by Crippen LogP contribution is 2.20. The summed E-state index contributed by atoms with van der Waals surface area (Å²) in [7, 11) is 7.35. The topological polar surface area (TPSA) is 67.2 Å². The van der Waals surface area contributed by atoms with Gasteiger partial charge in [0.05, 0.1) is 11.4 Å². The quantitative estimate of drug-likeness (QED) is 0.570. The molecular weight excluding hydrogens is 237 g/mol. The smallest absolute Gasteiger partial charge is 0.255 e. The molecule has 0 heterocycles. The first-order valence-electron chi connectivity index (χ1n) is 5.84. The first-order valence-corrected chi connectivity index (χ1v) is 5.84. The molecule has 0 saturated heterocycles. The van der Waals surface area contributed by atoms with Crippen LogP contribution in [0.15, 0.2) is 42.5 Å². The van der Waals surface area contributed by atoms with Crippen LogP contribution in [0, 0.1) is 0 Å². The monoisotopic (exact) mass is 251 g/mol.